The molecule has 1 amide bonds. The zero-order valence-electron chi connectivity index (χ0n) is 10.7. The van der Waals surface area contributed by atoms with Crippen LogP contribution < -0.4 is 0 Å². The number of rotatable bonds is 3. The van der Waals surface area contributed by atoms with Gasteiger partial charge in [-0.2, -0.15) is 0 Å². The predicted molar refractivity (Wildman–Crippen MR) is 59.4 cm³/mol. The highest BCUT2D eigenvalue weighted by atomic mass is 16.5. The second-order valence-corrected chi connectivity index (χ2v) is 4.33. The van der Waals surface area contributed by atoms with Crippen molar-refractivity contribution in [1.29, 1.82) is 0 Å². The molecule has 0 aromatic heterocycles. The molecule has 0 aromatic rings. The molecule has 1 unspecified atom stereocenters. The monoisotopic (exact) mass is 245 g/mol. The highest BCUT2D eigenvalue weighted by molar-refractivity contribution is 5.89. The first-order valence-corrected chi connectivity index (χ1v) is 5.46. The van der Waals surface area contributed by atoms with Crippen molar-refractivity contribution in [3.63, 3.8) is 0 Å². The molecule has 6 nitrogen and oxygen atoms in total. The second-order valence-electron chi connectivity index (χ2n) is 4.33. The Hall–Kier alpha value is -1.14. The van der Waals surface area contributed by atoms with E-state index >= 15 is 0 Å². The van der Waals surface area contributed by atoms with E-state index in [-0.39, 0.29) is 12.5 Å². The third-order valence-corrected chi connectivity index (χ3v) is 2.89. The lowest BCUT2D eigenvalue weighted by Gasteiger charge is -2.37. The topological polar surface area (TPSA) is 65.1 Å². The quantitative estimate of drug-likeness (QED) is 0.645. The number of morpholine rings is 1. The standard InChI is InChI=1S/C11H19NO5/c1-11(2,16-4)10(14)12-5-6-17-7-8(12)9(13)15-3/h8H,5-7H2,1-4H3. The maximum Gasteiger partial charge on any atom is 0.331 e. The minimum absolute atomic E-state index is 0.165. The Balaban J connectivity index is 2.85. The number of ether oxygens (including phenoxy) is 3. The Morgan fingerprint density at radius 2 is 2.00 bits per heavy atom. The third kappa shape index (κ3) is 2.95. The van der Waals surface area contributed by atoms with Gasteiger partial charge in [0.1, 0.15) is 5.60 Å². The van der Waals surface area contributed by atoms with E-state index in [1.807, 2.05) is 0 Å². The largest absolute Gasteiger partial charge is 0.467 e. The zero-order valence-corrected chi connectivity index (χ0v) is 10.7. The first-order chi connectivity index (χ1) is 7.94. The summed E-state index contributed by atoms with van der Waals surface area (Å²) in [5.41, 5.74) is -0.955. The molecule has 0 aromatic carbocycles. The zero-order chi connectivity index (χ0) is 13.1. The average Bonchev–Trinajstić information content (AvgIpc) is 2.36. The molecule has 1 rings (SSSR count). The summed E-state index contributed by atoms with van der Waals surface area (Å²) in [4.78, 5) is 25.2. The van der Waals surface area contributed by atoms with Crippen molar-refractivity contribution in [2.45, 2.75) is 25.5 Å². The van der Waals surface area contributed by atoms with Gasteiger partial charge in [-0.15, -0.1) is 0 Å². The number of amides is 1. The van der Waals surface area contributed by atoms with Crippen molar-refractivity contribution in [3.05, 3.63) is 0 Å². The first kappa shape index (κ1) is 13.9. The molecule has 0 bridgehead atoms. The van der Waals surface area contributed by atoms with Crippen molar-refractivity contribution in [2.24, 2.45) is 0 Å². The van der Waals surface area contributed by atoms with Crippen LogP contribution in [-0.4, -0.2) is 62.4 Å². The smallest absolute Gasteiger partial charge is 0.331 e. The van der Waals surface area contributed by atoms with Gasteiger partial charge in [0, 0.05) is 13.7 Å². The van der Waals surface area contributed by atoms with Gasteiger partial charge in [0.15, 0.2) is 6.04 Å². The van der Waals surface area contributed by atoms with Crippen LogP contribution >= 0.6 is 0 Å². The van der Waals surface area contributed by atoms with Crippen LogP contribution in [-0.2, 0) is 23.8 Å². The number of methoxy groups -OCH3 is 2. The summed E-state index contributed by atoms with van der Waals surface area (Å²) in [7, 11) is 2.76. The fourth-order valence-corrected chi connectivity index (χ4v) is 1.61. The molecule has 1 aliphatic heterocycles. The van der Waals surface area contributed by atoms with Crippen LogP contribution in [0.3, 0.4) is 0 Å². The molecule has 1 atom stereocenters. The van der Waals surface area contributed by atoms with Gasteiger partial charge in [0.2, 0.25) is 0 Å². The second kappa shape index (κ2) is 5.46. The highest BCUT2D eigenvalue weighted by Gasteiger charge is 2.40. The molecule has 1 fully saturated rings. The van der Waals surface area contributed by atoms with Gasteiger partial charge in [-0.1, -0.05) is 0 Å². The summed E-state index contributed by atoms with van der Waals surface area (Å²) in [6.07, 6.45) is 0. The van der Waals surface area contributed by atoms with Crippen LogP contribution in [0.2, 0.25) is 0 Å². The summed E-state index contributed by atoms with van der Waals surface area (Å²) in [5.74, 6) is -0.705. The van der Waals surface area contributed by atoms with E-state index in [9.17, 15) is 9.59 Å². The molecular weight excluding hydrogens is 226 g/mol. The first-order valence-electron chi connectivity index (χ1n) is 5.46. The number of esters is 1. The summed E-state index contributed by atoms with van der Waals surface area (Å²) in [6.45, 7) is 4.28. The van der Waals surface area contributed by atoms with Crippen LogP contribution in [0.15, 0.2) is 0 Å². The molecule has 0 radical (unpaired) electrons. The van der Waals surface area contributed by atoms with Crippen LogP contribution in [0, 0.1) is 0 Å². The van der Waals surface area contributed by atoms with Crippen molar-refractivity contribution in [1.82, 2.24) is 4.90 Å². The summed E-state index contributed by atoms with van der Waals surface area (Å²) in [5, 5.41) is 0. The van der Waals surface area contributed by atoms with Crippen molar-refractivity contribution < 1.29 is 23.8 Å². The normalized spacial score (nSPS) is 21.2. The molecule has 1 saturated heterocycles. The molecule has 1 aliphatic rings. The molecule has 1 heterocycles. The lowest BCUT2D eigenvalue weighted by atomic mass is 10.1. The van der Waals surface area contributed by atoms with Gasteiger partial charge in [0.25, 0.3) is 5.91 Å². The van der Waals surface area contributed by atoms with E-state index < -0.39 is 17.6 Å². The number of carbonyl (C=O) groups excluding carboxylic acids is 2. The molecule has 0 saturated carbocycles. The van der Waals surface area contributed by atoms with Crippen LogP contribution in [0.4, 0.5) is 0 Å². The van der Waals surface area contributed by atoms with Crippen molar-refractivity contribution >= 4 is 11.9 Å². The Morgan fingerprint density at radius 1 is 1.35 bits per heavy atom. The minimum Gasteiger partial charge on any atom is -0.467 e. The molecule has 17 heavy (non-hydrogen) atoms. The van der Waals surface area contributed by atoms with E-state index in [0.29, 0.717) is 13.2 Å². The summed E-state index contributed by atoms with van der Waals surface area (Å²) >= 11 is 0. The number of hydrogen-bond donors (Lipinski definition) is 0. The molecule has 0 aliphatic carbocycles. The van der Waals surface area contributed by atoms with Gasteiger partial charge in [-0.05, 0) is 13.8 Å². The molecular formula is C11H19NO5. The Kier molecular flexibility index (Phi) is 4.47. The van der Waals surface area contributed by atoms with Gasteiger partial charge in [0.05, 0.1) is 20.3 Å². The van der Waals surface area contributed by atoms with Gasteiger partial charge in [-0.3, -0.25) is 4.79 Å². The van der Waals surface area contributed by atoms with Crippen molar-refractivity contribution in [3.8, 4) is 0 Å². The maximum atomic E-state index is 12.2. The summed E-state index contributed by atoms with van der Waals surface area (Å²) in [6, 6.07) is -0.685. The SMILES string of the molecule is COC(=O)C1COCCN1C(=O)C(C)(C)OC. The number of hydrogen-bond acceptors (Lipinski definition) is 5. The lowest BCUT2D eigenvalue weighted by Crippen LogP contribution is -2.58. The van der Waals surface area contributed by atoms with E-state index in [2.05, 4.69) is 4.74 Å². The third-order valence-electron chi connectivity index (χ3n) is 2.89. The van der Waals surface area contributed by atoms with E-state index in [4.69, 9.17) is 9.47 Å². The maximum absolute atomic E-state index is 12.2. The fraction of sp³-hybridized carbons (Fsp3) is 0.818. The van der Waals surface area contributed by atoms with E-state index in [1.165, 1.54) is 19.1 Å². The number of carbonyl (C=O) groups is 2. The molecule has 98 valence electrons. The fourth-order valence-electron chi connectivity index (χ4n) is 1.61. The van der Waals surface area contributed by atoms with E-state index in [0.717, 1.165) is 0 Å². The Morgan fingerprint density at radius 3 is 2.53 bits per heavy atom. The highest BCUT2D eigenvalue weighted by Crippen LogP contribution is 2.17. The van der Waals surface area contributed by atoms with E-state index in [1.54, 1.807) is 13.8 Å². The Labute approximate surface area is 101 Å². The van der Waals surface area contributed by atoms with Gasteiger partial charge < -0.3 is 19.1 Å². The van der Waals surface area contributed by atoms with Crippen LogP contribution in [0.25, 0.3) is 0 Å². The lowest BCUT2D eigenvalue weighted by molar-refractivity contribution is -0.170. The Bertz CT molecular complexity index is 302. The average molecular weight is 245 g/mol. The molecule has 0 spiro atoms. The molecule has 0 N–H and O–H groups in total. The van der Waals surface area contributed by atoms with Gasteiger partial charge >= 0.3 is 5.97 Å². The molecule has 6 heteroatoms. The van der Waals surface area contributed by atoms with Crippen LogP contribution in [0.1, 0.15) is 13.8 Å². The van der Waals surface area contributed by atoms with Gasteiger partial charge in [-0.25, -0.2) is 4.79 Å². The number of nitrogens with zero attached hydrogens (tertiary/aromatic N) is 1. The summed E-state index contributed by atoms with van der Waals surface area (Å²) < 4.78 is 15.0. The van der Waals surface area contributed by atoms with Crippen molar-refractivity contribution in [2.75, 3.05) is 34.0 Å². The van der Waals surface area contributed by atoms with Crippen LogP contribution in [0.5, 0.6) is 0 Å². The minimum atomic E-state index is -0.955. The predicted octanol–water partition coefficient (Wildman–Crippen LogP) is -0.188.